The van der Waals surface area contributed by atoms with E-state index in [0.717, 1.165) is 38.5 Å². The van der Waals surface area contributed by atoms with Crippen LogP contribution in [0.4, 0.5) is 11.4 Å². The predicted molar refractivity (Wildman–Crippen MR) is 138 cm³/mol. The van der Waals surface area contributed by atoms with E-state index in [0.29, 0.717) is 5.02 Å². The molecule has 154 valence electrons. The summed E-state index contributed by atoms with van der Waals surface area (Å²) in [6.07, 6.45) is 0. The topological polar surface area (TPSA) is 17.0 Å². The van der Waals surface area contributed by atoms with Gasteiger partial charge in [-0.2, -0.15) is 0 Å². The molecular formula is C28H18Cl2N2. The summed E-state index contributed by atoms with van der Waals surface area (Å²) in [6, 6.07) is 35.0. The fourth-order valence-corrected chi connectivity index (χ4v) is 4.86. The Labute approximate surface area is 195 Å². The van der Waals surface area contributed by atoms with Crippen LogP contribution in [0, 0.1) is 0 Å². The maximum atomic E-state index is 6.68. The van der Waals surface area contributed by atoms with Gasteiger partial charge in [0, 0.05) is 21.8 Å². The lowest BCUT2D eigenvalue weighted by atomic mass is 10.0. The average molecular weight is 453 g/mol. The van der Waals surface area contributed by atoms with E-state index in [-0.39, 0.29) is 0 Å². The van der Waals surface area contributed by atoms with Crippen LogP contribution in [0.5, 0.6) is 0 Å². The summed E-state index contributed by atoms with van der Waals surface area (Å²) in [7, 11) is 0. The molecule has 1 N–H and O–H groups in total. The fourth-order valence-electron chi connectivity index (χ4n) is 4.46. The molecule has 0 aliphatic heterocycles. The van der Waals surface area contributed by atoms with Crippen molar-refractivity contribution in [3.63, 3.8) is 0 Å². The normalized spacial score (nSPS) is 11.4. The minimum atomic E-state index is 0.691. The van der Waals surface area contributed by atoms with Gasteiger partial charge >= 0.3 is 0 Å². The summed E-state index contributed by atoms with van der Waals surface area (Å²) in [5, 5.41) is 9.59. The Morgan fingerprint density at radius 3 is 2.16 bits per heavy atom. The molecule has 4 heteroatoms. The van der Waals surface area contributed by atoms with E-state index in [1.165, 1.54) is 16.2 Å². The molecule has 0 saturated heterocycles. The third-order valence-corrected chi connectivity index (χ3v) is 6.55. The molecule has 0 fully saturated rings. The number of hydrogen-bond acceptors (Lipinski definition) is 1. The van der Waals surface area contributed by atoms with Crippen molar-refractivity contribution < 1.29 is 0 Å². The van der Waals surface area contributed by atoms with E-state index >= 15 is 0 Å². The van der Waals surface area contributed by atoms with E-state index in [4.69, 9.17) is 23.2 Å². The molecule has 0 amide bonds. The molecule has 0 atom stereocenters. The number of nitrogens with one attached hydrogen (secondary N) is 1. The summed E-state index contributed by atoms with van der Waals surface area (Å²) >= 11 is 13.1. The van der Waals surface area contributed by atoms with Crippen molar-refractivity contribution in [1.29, 1.82) is 0 Å². The Hall–Kier alpha value is -3.46. The summed E-state index contributed by atoms with van der Waals surface area (Å²) < 4.78 is 2.27. The maximum Gasteiger partial charge on any atom is 0.0648 e. The van der Waals surface area contributed by atoms with Gasteiger partial charge in [-0.1, -0.05) is 83.9 Å². The number of benzene rings is 5. The first-order valence-corrected chi connectivity index (χ1v) is 11.2. The molecule has 0 aliphatic rings. The van der Waals surface area contributed by atoms with Crippen molar-refractivity contribution in [2.75, 3.05) is 5.32 Å². The van der Waals surface area contributed by atoms with Gasteiger partial charge in [0.1, 0.15) is 0 Å². The Kier molecular flexibility index (Phi) is 4.57. The zero-order chi connectivity index (χ0) is 21.7. The van der Waals surface area contributed by atoms with E-state index in [2.05, 4.69) is 70.5 Å². The molecule has 0 saturated carbocycles. The molecule has 1 aromatic heterocycles. The molecule has 5 aromatic carbocycles. The van der Waals surface area contributed by atoms with Crippen LogP contribution in [0.25, 0.3) is 38.3 Å². The van der Waals surface area contributed by atoms with Gasteiger partial charge in [-0.3, -0.25) is 0 Å². The lowest BCUT2D eigenvalue weighted by Gasteiger charge is -2.13. The first kappa shape index (κ1) is 19.2. The molecule has 0 spiro atoms. The van der Waals surface area contributed by atoms with Gasteiger partial charge in [0.15, 0.2) is 0 Å². The van der Waals surface area contributed by atoms with Crippen LogP contribution < -0.4 is 5.32 Å². The molecular weight excluding hydrogens is 435 g/mol. The van der Waals surface area contributed by atoms with E-state index in [9.17, 15) is 0 Å². The number of nitrogens with zero attached hydrogens (tertiary/aromatic N) is 1. The monoisotopic (exact) mass is 452 g/mol. The van der Waals surface area contributed by atoms with Crippen molar-refractivity contribution in [2.45, 2.75) is 0 Å². The van der Waals surface area contributed by atoms with E-state index in [1.54, 1.807) is 0 Å². The van der Waals surface area contributed by atoms with Gasteiger partial charge in [0.25, 0.3) is 0 Å². The van der Waals surface area contributed by atoms with Gasteiger partial charge in [-0.25, -0.2) is 0 Å². The number of para-hydroxylation sites is 3. The predicted octanol–water partition coefficient (Wildman–Crippen LogP) is 8.99. The number of aromatic nitrogens is 1. The first-order chi connectivity index (χ1) is 15.7. The van der Waals surface area contributed by atoms with Gasteiger partial charge in [0.2, 0.25) is 0 Å². The zero-order valence-electron chi connectivity index (χ0n) is 17.0. The van der Waals surface area contributed by atoms with Crippen LogP contribution in [0.15, 0.2) is 103 Å². The SMILES string of the molecule is Clc1ccccc1Nc1ccc2ccc3c4ccccc4n(-c4ccccc4Cl)c3c2c1. The second-order valence-corrected chi connectivity index (χ2v) is 8.62. The highest BCUT2D eigenvalue weighted by Gasteiger charge is 2.16. The van der Waals surface area contributed by atoms with Crippen LogP contribution >= 0.6 is 23.2 Å². The number of halogens is 2. The third-order valence-electron chi connectivity index (χ3n) is 5.90. The van der Waals surface area contributed by atoms with E-state index < -0.39 is 0 Å². The second-order valence-electron chi connectivity index (χ2n) is 7.81. The molecule has 6 aromatic rings. The lowest BCUT2D eigenvalue weighted by Crippen LogP contribution is -1.96. The number of fused-ring (bicyclic) bond motifs is 5. The summed E-state index contributed by atoms with van der Waals surface area (Å²) in [4.78, 5) is 0. The molecule has 6 rings (SSSR count). The maximum absolute atomic E-state index is 6.68. The van der Waals surface area contributed by atoms with Crippen molar-refractivity contribution in [3.8, 4) is 5.69 Å². The van der Waals surface area contributed by atoms with Gasteiger partial charge in [-0.05, 0) is 47.9 Å². The first-order valence-electron chi connectivity index (χ1n) is 10.4. The molecule has 2 nitrogen and oxygen atoms in total. The van der Waals surface area contributed by atoms with Crippen LogP contribution in [0.1, 0.15) is 0 Å². The Morgan fingerprint density at radius 1 is 0.594 bits per heavy atom. The number of anilines is 2. The molecule has 32 heavy (non-hydrogen) atoms. The fraction of sp³-hybridized carbons (Fsp3) is 0. The van der Waals surface area contributed by atoms with Gasteiger partial charge < -0.3 is 9.88 Å². The number of hydrogen-bond donors (Lipinski definition) is 1. The summed E-state index contributed by atoms with van der Waals surface area (Å²) in [5.74, 6) is 0. The van der Waals surface area contributed by atoms with Gasteiger partial charge in [-0.15, -0.1) is 0 Å². The Balaban J connectivity index is 1.69. The standard InChI is InChI=1S/C28H18Cl2N2/c29-23-8-2-4-10-25(23)31-19-15-13-18-14-16-21-20-7-1-5-11-26(20)32(28(21)22(18)17-19)27-12-6-3-9-24(27)30/h1-17,31H. The van der Waals surface area contributed by atoms with Crippen molar-refractivity contribution in [1.82, 2.24) is 4.57 Å². The minimum Gasteiger partial charge on any atom is -0.354 e. The number of rotatable bonds is 3. The Bertz CT molecular complexity index is 1630. The highest BCUT2D eigenvalue weighted by atomic mass is 35.5. The van der Waals surface area contributed by atoms with Crippen molar-refractivity contribution in [2.24, 2.45) is 0 Å². The van der Waals surface area contributed by atoms with Crippen LogP contribution in [-0.2, 0) is 0 Å². The van der Waals surface area contributed by atoms with Gasteiger partial charge in [0.05, 0.1) is 32.5 Å². The molecule has 0 radical (unpaired) electrons. The smallest absolute Gasteiger partial charge is 0.0648 e. The minimum absolute atomic E-state index is 0.691. The second kappa shape index (κ2) is 7.59. The van der Waals surface area contributed by atoms with Crippen LogP contribution in [-0.4, -0.2) is 4.57 Å². The summed E-state index contributed by atoms with van der Waals surface area (Å²) in [5.41, 5.74) is 5.10. The molecule has 0 unspecified atom stereocenters. The van der Waals surface area contributed by atoms with Crippen LogP contribution in [0.2, 0.25) is 10.0 Å². The quantitative estimate of drug-likeness (QED) is 0.283. The Morgan fingerprint density at radius 2 is 1.31 bits per heavy atom. The summed E-state index contributed by atoms with van der Waals surface area (Å²) in [6.45, 7) is 0. The van der Waals surface area contributed by atoms with Crippen molar-refractivity contribution >= 4 is 67.2 Å². The lowest BCUT2D eigenvalue weighted by molar-refractivity contribution is 1.19. The van der Waals surface area contributed by atoms with Crippen molar-refractivity contribution in [3.05, 3.63) is 113 Å². The van der Waals surface area contributed by atoms with Crippen LogP contribution in [0.3, 0.4) is 0 Å². The molecule has 1 heterocycles. The highest BCUT2D eigenvalue weighted by Crippen LogP contribution is 2.39. The average Bonchev–Trinajstić information content (AvgIpc) is 3.16. The molecule has 0 aliphatic carbocycles. The highest BCUT2D eigenvalue weighted by molar-refractivity contribution is 6.33. The third kappa shape index (κ3) is 3.03. The largest absolute Gasteiger partial charge is 0.354 e. The zero-order valence-corrected chi connectivity index (χ0v) is 18.5. The molecule has 0 bridgehead atoms. The van der Waals surface area contributed by atoms with E-state index in [1.807, 2.05) is 42.5 Å².